The van der Waals surface area contributed by atoms with Gasteiger partial charge >= 0.3 is 5.97 Å². The number of carboxylic acids is 1. The Morgan fingerprint density at radius 1 is 0.846 bits per heavy atom. The third-order valence-electron chi connectivity index (χ3n) is 6.45. The molecule has 4 aromatic rings. The maximum absolute atomic E-state index is 11.4. The number of methoxy groups -OCH3 is 3. The van der Waals surface area contributed by atoms with Crippen LogP contribution in [0.2, 0.25) is 0 Å². The monoisotopic (exact) mass is 530 g/mol. The Bertz CT molecular complexity index is 1470. The van der Waals surface area contributed by atoms with Crippen molar-refractivity contribution in [3.8, 4) is 45.5 Å². The Morgan fingerprint density at radius 2 is 1.56 bits per heavy atom. The van der Waals surface area contributed by atoms with E-state index >= 15 is 0 Å². The summed E-state index contributed by atoms with van der Waals surface area (Å²) in [5.41, 5.74) is 4.72. The highest BCUT2D eigenvalue weighted by atomic mass is 16.5. The van der Waals surface area contributed by atoms with Gasteiger partial charge in [-0.1, -0.05) is 51.1 Å². The fourth-order valence-corrected chi connectivity index (χ4v) is 4.43. The van der Waals surface area contributed by atoms with Crippen molar-refractivity contribution < 1.29 is 28.8 Å². The summed E-state index contributed by atoms with van der Waals surface area (Å²) in [6.07, 6.45) is 0. The predicted molar refractivity (Wildman–Crippen MR) is 150 cm³/mol. The highest BCUT2D eigenvalue weighted by Gasteiger charge is 2.22. The van der Waals surface area contributed by atoms with E-state index in [2.05, 4.69) is 20.8 Å². The minimum absolute atomic E-state index is 0.151. The van der Waals surface area contributed by atoms with Crippen LogP contribution in [0.25, 0.3) is 22.5 Å². The van der Waals surface area contributed by atoms with Crippen LogP contribution in [0.1, 0.15) is 31.9 Å². The summed E-state index contributed by atoms with van der Waals surface area (Å²) in [5, 5.41) is 14.3. The van der Waals surface area contributed by atoms with E-state index in [-0.39, 0.29) is 5.41 Å². The molecule has 0 unspecified atom stereocenters. The van der Waals surface area contributed by atoms with Crippen LogP contribution < -0.4 is 18.9 Å². The van der Waals surface area contributed by atoms with Crippen LogP contribution in [0.5, 0.6) is 23.0 Å². The molecule has 0 aliphatic heterocycles. The molecule has 1 aromatic heterocycles. The number of ether oxygens (including phenoxy) is 4. The molecule has 8 nitrogen and oxygen atoms in total. The second-order valence-corrected chi connectivity index (χ2v) is 10.1. The van der Waals surface area contributed by atoms with Crippen molar-refractivity contribution in [1.29, 1.82) is 0 Å². The third kappa shape index (κ3) is 6.00. The Hall–Kier alpha value is -4.46. The van der Waals surface area contributed by atoms with Gasteiger partial charge in [0, 0.05) is 16.7 Å². The van der Waals surface area contributed by atoms with Gasteiger partial charge in [0.15, 0.2) is 18.1 Å². The molecule has 0 spiro atoms. The first-order valence-electron chi connectivity index (χ1n) is 12.6. The number of aliphatic carboxylic acids is 1. The highest BCUT2D eigenvalue weighted by molar-refractivity contribution is 5.78. The smallest absolute Gasteiger partial charge is 0.341 e. The zero-order chi connectivity index (χ0) is 28.2. The summed E-state index contributed by atoms with van der Waals surface area (Å²) >= 11 is 0. The van der Waals surface area contributed by atoms with Crippen LogP contribution in [0.3, 0.4) is 0 Å². The largest absolute Gasteiger partial charge is 0.496 e. The number of para-hydroxylation sites is 2. The average Bonchev–Trinajstić information content (AvgIpc) is 3.34. The van der Waals surface area contributed by atoms with E-state index in [9.17, 15) is 9.90 Å². The first kappa shape index (κ1) is 27.6. The summed E-state index contributed by atoms with van der Waals surface area (Å²) in [4.78, 5) is 11.4. The number of nitrogens with zero attached hydrogens (tertiary/aromatic N) is 2. The molecule has 8 heteroatoms. The summed E-state index contributed by atoms with van der Waals surface area (Å²) in [7, 11) is 4.84. The topological polar surface area (TPSA) is 92.0 Å². The van der Waals surface area contributed by atoms with E-state index in [0.717, 1.165) is 28.1 Å². The van der Waals surface area contributed by atoms with Gasteiger partial charge in [0.1, 0.15) is 11.5 Å². The van der Waals surface area contributed by atoms with E-state index in [1.54, 1.807) is 21.3 Å². The minimum atomic E-state index is -1.05. The van der Waals surface area contributed by atoms with E-state index in [4.69, 9.17) is 24.0 Å². The first-order valence-corrected chi connectivity index (χ1v) is 12.6. The number of benzene rings is 3. The predicted octanol–water partition coefficient (Wildman–Crippen LogP) is 6.05. The van der Waals surface area contributed by atoms with Crippen LogP contribution in [0.15, 0.2) is 66.7 Å². The van der Waals surface area contributed by atoms with Crippen molar-refractivity contribution in [3.63, 3.8) is 0 Å². The summed E-state index contributed by atoms with van der Waals surface area (Å²) in [5.74, 6) is 1.33. The Morgan fingerprint density at radius 3 is 2.23 bits per heavy atom. The third-order valence-corrected chi connectivity index (χ3v) is 6.45. The average molecular weight is 531 g/mol. The van der Waals surface area contributed by atoms with E-state index in [1.165, 1.54) is 0 Å². The molecule has 0 fully saturated rings. The lowest BCUT2D eigenvalue weighted by molar-refractivity contribution is -0.139. The first-order chi connectivity index (χ1) is 18.7. The van der Waals surface area contributed by atoms with Crippen LogP contribution in [-0.4, -0.2) is 48.8 Å². The summed E-state index contributed by atoms with van der Waals surface area (Å²) in [6.45, 7) is 6.25. The Balaban J connectivity index is 1.92. The fourth-order valence-electron chi connectivity index (χ4n) is 4.43. The van der Waals surface area contributed by atoms with Gasteiger partial charge in [0.25, 0.3) is 0 Å². The zero-order valence-electron chi connectivity index (χ0n) is 23.1. The van der Waals surface area contributed by atoms with Gasteiger partial charge in [0.2, 0.25) is 0 Å². The molecule has 3 aromatic carbocycles. The van der Waals surface area contributed by atoms with Crippen molar-refractivity contribution in [1.82, 2.24) is 9.78 Å². The number of aromatic nitrogens is 2. The molecule has 0 atom stereocenters. The molecular weight excluding hydrogens is 496 g/mol. The lowest BCUT2D eigenvalue weighted by Crippen LogP contribution is -2.13. The van der Waals surface area contributed by atoms with Crippen molar-refractivity contribution in [2.24, 2.45) is 0 Å². The molecule has 4 rings (SSSR count). The minimum Gasteiger partial charge on any atom is -0.496 e. The van der Waals surface area contributed by atoms with Gasteiger partial charge < -0.3 is 24.1 Å². The highest BCUT2D eigenvalue weighted by Crippen LogP contribution is 2.41. The van der Waals surface area contributed by atoms with E-state index in [1.807, 2.05) is 71.4 Å². The number of carbonyl (C=O) groups is 1. The normalized spacial score (nSPS) is 11.2. The molecule has 1 heterocycles. The zero-order valence-corrected chi connectivity index (χ0v) is 23.1. The molecule has 0 amide bonds. The SMILES string of the molecule is COc1ccccc1Cn1nc(-c2ccc(C(C)(C)C)cc2OCC(=O)O)cc1-c1cccc(OC)c1OC. The molecule has 1 N–H and O–H groups in total. The number of carboxylic acid groups (broad SMARTS) is 1. The van der Waals surface area contributed by atoms with Crippen molar-refractivity contribution in [3.05, 3.63) is 77.9 Å². The molecule has 0 aliphatic rings. The second-order valence-electron chi connectivity index (χ2n) is 10.1. The Labute approximate surface area is 228 Å². The van der Waals surface area contributed by atoms with Gasteiger partial charge in [0.05, 0.1) is 39.3 Å². The van der Waals surface area contributed by atoms with Crippen LogP contribution in [-0.2, 0) is 16.8 Å². The summed E-state index contributed by atoms with van der Waals surface area (Å²) in [6, 6.07) is 21.3. The van der Waals surface area contributed by atoms with E-state index in [0.29, 0.717) is 35.1 Å². The Kier molecular flexibility index (Phi) is 8.14. The van der Waals surface area contributed by atoms with Crippen LogP contribution >= 0.6 is 0 Å². The maximum Gasteiger partial charge on any atom is 0.341 e. The van der Waals surface area contributed by atoms with Gasteiger partial charge in [-0.15, -0.1) is 0 Å². The molecular formula is C31H34N2O6. The standard InChI is InChI=1S/C31H34N2O6/c1-31(2,3)21-14-15-22(28(16-21)39-19-29(34)35)24-17-25(23-11-9-13-27(37-5)30(23)38-6)33(32-24)18-20-10-7-8-12-26(20)36-4/h7-17H,18-19H2,1-6H3,(H,34,35). The van der Waals surface area contributed by atoms with Crippen molar-refractivity contribution in [2.45, 2.75) is 32.7 Å². The van der Waals surface area contributed by atoms with Crippen LogP contribution in [0.4, 0.5) is 0 Å². The number of hydrogen-bond acceptors (Lipinski definition) is 6. The molecule has 0 saturated carbocycles. The molecule has 39 heavy (non-hydrogen) atoms. The molecule has 204 valence electrons. The quantitative estimate of drug-likeness (QED) is 0.267. The summed E-state index contributed by atoms with van der Waals surface area (Å²) < 4.78 is 24.5. The van der Waals surface area contributed by atoms with Crippen molar-refractivity contribution in [2.75, 3.05) is 27.9 Å². The molecule has 0 saturated heterocycles. The van der Waals surface area contributed by atoms with Gasteiger partial charge in [-0.05, 0) is 47.4 Å². The maximum atomic E-state index is 11.4. The fraction of sp³-hybridized carbons (Fsp3) is 0.290. The lowest BCUT2D eigenvalue weighted by Gasteiger charge is -2.21. The molecule has 0 bridgehead atoms. The lowest BCUT2D eigenvalue weighted by atomic mass is 9.86. The number of rotatable bonds is 10. The van der Waals surface area contributed by atoms with Crippen LogP contribution in [0, 0.1) is 0 Å². The van der Waals surface area contributed by atoms with Gasteiger partial charge in [-0.3, -0.25) is 4.68 Å². The van der Waals surface area contributed by atoms with Gasteiger partial charge in [-0.2, -0.15) is 5.10 Å². The molecule has 0 radical (unpaired) electrons. The van der Waals surface area contributed by atoms with Crippen molar-refractivity contribution >= 4 is 5.97 Å². The number of hydrogen-bond donors (Lipinski definition) is 1. The molecule has 0 aliphatic carbocycles. The second kappa shape index (κ2) is 11.5. The van der Waals surface area contributed by atoms with E-state index < -0.39 is 12.6 Å². The van der Waals surface area contributed by atoms with Gasteiger partial charge in [-0.25, -0.2) is 4.79 Å².